The highest BCUT2D eigenvalue weighted by Gasteiger charge is 2.20. The first-order valence-electron chi connectivity index (χ1n) is 7.55. The Balaban J connectivity index is 0.00000225. The third kappa shape index (κ3) is 4.23. The maximum atomic E-state index is 13.9. The zero-order valence-electron chi connectivity index (χ0n) is 13.5. The smallest absolute Gasteiger partial charge is 0.277 e. The van der Waals surface area contributed by atoms with Gasteiger partial charge in [0.25, 0.3) is 5.91 Å². The van der Waals surface area contributed by atoms with Crippen molar-refractivity contribution in [2.75, 3.05) is 25.5 Å². The molecular weight excluding hydrogens is 356 g/mol. The fourth-order valence-corrected chi connectivity index (χ4v) is 2.60. The number of nitrogens with zero attached hydrogens (tertiary/aromatic N) is 3. The van der Waals surface area contributed by atoms with Crippen LogP contribution in [0.5, 0.6) is 5.75 Å². The van der Waals surface area contributed by atoms with Crippen LogP contribution in [0.25, 0.3) is 0 Å². The molecule has 0 radical (unpaired) electrons. The van der Waals surface area contributed by atoms with Gasteiger partial charge in [-0.15, -0.1) is 17.5 Å². The summed E-state index contributed by atoms with van der Waals surface area (Å²) in [6.07, 6.45) is 3.30. The fraction of sp³-hybridized carbons (Fsp3) is 0.400. The van der Waals surface area contributed by atoms with Gasteiger partial charge in [-0.1, -0.05) is 5.21 Å². The largest absolute Gasteiger partial charge is 0.494 e. The third-order valence-electron chi connectivity index (χ3n) is 3.92. The molecule has 0 atom stereocenters. The Morgan fingerprint density at radius 1 is 1.32 bits per heavy atom. The van der Waals surface area contributed by atoms with Gasteiger partial charge < -0.3 is 15.4 Å². The van der Waals surface area contributed by atoms with E-state index in [0.717, 1.165) is 38.1 Å². The second-order valence-corrected chi connectivity index (χ2v) is 5.49. The van der Waals surface area contributed by atoms with Crippen LogP contribution in [0.15, 0.2) is 18.3 Å². The summed E-state index contributed by atoms with van der Waals surface area (Å²) < 4.78 is 33.9. The van der Waals surface area contributed by atoms with Gasteiger partial charge in [0.1, 0.15) is 0 Å². The Morgan fingerprint density at radius 2 is 2.04 bits per heavy atom. The number of halogens is 3. The van der Waals surface area contributed by atoms with Crippen molar-refractivity contribution in [1.29, 1.82) is 0 Å². The first-order chi connectivity index (χ1) is 11.6. The van der Waals surface area contributed by atoms with Crippen LogP contribution in [0.4, 0.5) is 14.5 Å². The van der Waals surface area contributed by atoms with Crippen LogP contribution in [-0.2, 0) is 0 Å². The number of benzene rings is 1. The summed E-state index contributed by atoms with van der Waals surface area (Å²) in [6, 6.07) is 1.91. The topological polar surface area (TPSA) is 81.1 Å². The molecule has 10 heteroatoms. The normalized spacial score (nSPS) is 14.7. The Morgan fingerprint density at radius 3 is 2.72 bits per heavy atom. The van der Waals surface area contributed by atoms with Gasteiger partial charge in [-0.25, -0.2) is 13.5 Å². The average molecular weight is 374 g/mol. The van der Waals surface area contributed by atoms with Crippen LogP contribution in [0.2, 0.25) is 0 Å². The fourth-order valence-electron chi connectivity index (χ4n) is 2.60. The number of piperidine rings is 1. The molecule has 2 aromatic rings. The van der Waals surface area contributed by atoms with Gasteiger partial charge in [-0.3, -0.25) is 4.79 Å². The quantitative estimate of drug-likeness (QED) is 0.858. The lowest BCUT2D eigenvalue weighted by atomic mass is 10.1. The number of rotatable bonds is 4. The molecule has 3 rings (SSSR count). The molecule has 1 aromatic heterocycles. The number of methoxy groups -OCH3 is 1. The van der Waals surface area contributed by atoms with Crippen LogP contribution in [0, 0.1) is 11.6 Å². The van der Waals surface area contributed by atoms with Crippen LogP contribution in [0.3, 0.4) is 0 Å². The molecule has 1 saturated heterocycles. The maximum Gasteiger partial charge on any atom is 0.277 e. The van der Waals surface area contributed by atoms with E-state index in [2.05, 4.69) is 25.7 Å². The standard InChI is InChI=1S/C15H17F2N5O2.ClH/c1-24-14-7-10(16)12(6-11(14)17)19-15(23)13-8-22(21-20-13)9-2-4-18-5-3-9;/h6-9,18H,2-5H2,1H3,(H,19,23);1H. The monoisotopic (exact) mass is 373 g/mol. The van der Waals surface area contributed by atoms with E-state index in [1.54, 1.807) is 4.68 Å². The molecule has 2 N–H and O–H groups in total. The van der Waals surface area contributed by atoms with E-state index in [1.807, 2.05) is 0 Å². The first kappa shape index (κ1) is 19.1. The minimum Gasteiger partial charge on any atom is -0.494 e. The van der Waals surface area contributed by atoms with E-state index in [9.17, 15) is 13.6 Å². The van der Waals surface area contributed by atoms with Crippen LogP contribution in [0.1, 0.15) is 29.4 Å². The molecule has 25 heavy (non-hydrogen) atoms. The minimum absolute atomic E-state index is 0. The molecule has 7 nitrogen and oxygen atoms in total. The number of anilines is 1. The second-order valence-electron chi connectivity index (χ2n) is 5.49. The van der Waals surface area contributed by atoms with Gasteiger partial charge in [-0.05, 0) is 25.9 Å². The Bertz CT molecular complexity index is 750. The van der Waals surface area contributed by atoms with Crippen molar-refractivity contribution in [3.05, 3.63) is 35.7 Å². The van der Waals surface area contributed by atoms with Crippen molar-refractivity contribution in [3.8, 4) is 5.75 Å². The highest BCUT2D eigenvalue weighted by molar-refractivity contribution is 6.02. The van der Waals surface area contributed by atoms with Crippen molar-refractivity contribution in [1.82, 2.24) is 20.3 Å². The van der Waals surface area contributed by atoms with Crippen molar-refractivity contribution in [2.24, 2.45) is 0 Å². The molecule has 0 unspecified atom stereocenters. The molecule has 1 aromatic carbocycles. The number of nitrogens with one attached hydrogen (secondary N) is 2. The van der Waals surface area contributed by atoms with E-state index < -0.39 is 17.5 Å². The van der Waals surface area contributed by atoms with Gasteiger partial charge in [-0.2, -0.15) is 0 Å². The molecular formula is C15H18ClF2N5O2. The molecule has 0 aliphatic carbocycles. The second kappa shape index (κ2) is 8.21. The summed E-state index contributed by atoms with van der Waals surface area (Å²) in [5.41, 5.74) is -0.237. The average Bonchev–Trinajstić information content (AvgIpc) is 3.09. The summed E-state index contributed by atoms with van der Waals surface area (Å²) in [5, 5.41) is 13.3. The van der Waals surface area contributed by atoms with E-state index in [1.165, 1.54) is 13.3 Å². The van der Waals surface area contributed by atoms with Crippen LogP contribution >= 0.6 is 12.4 Å². The molecule has 0 bridgehead atoms. The number of aromatic nitrogens is 3. The van der Waals surface area contributed by atoms with E-state index in [0.29, 0.717) is 0 Å². The molecule has 136 valence electrons. The number of hydrogen-bond donors (Lipinski definition) is 2. The Labute approximate surface area is 149 Å². The van der Waals surface area contributed by atoms with E-state index in [4.69, 9.17) is 0 Å². The highest BCUT2D eigenvalue weighted by Crippen LogP contribution is 2.25. The predicted octanol–water partition coefficient (Wildman–Crippen LogP) is 2.16. The van der Waals surface area contributed by atoms with Crippen LogP contribution < -0.4 is 15.4 Å². The van der Waals surface area contributed by atoms with Crippen molar-refractivity contribution < 1.29 is 18.3 Å². The van der Waals surface area contributed by atoms with E-state index >= 15 is 0 Å². The Hall–Kier alpha value is -2.26. The molecule has 0 saturated carbocycles. The van der Waals surface area contributed by atoms with Crippen molar-refractivity contribution in [3.63, 3.8) is 0 Å². The van der Waals surface area contributed by atoms with Gasteiger partial charge in [0.15, 0.2) is 23.1 Å². The van der Waals surface area contributed by atoms with Gasteiger partial charge in [0.2, 0.25) is 0 Å². The first-order valence-corrected chi connectivity index (χ1v) is 7.55. The molecule has 1 aliphatic heterocycles. The molecule has 0 spiro atoms. The number of carbonyl (C=O) groups is 1. The number of carbonyl (C=O) groups excluding carboxylic acids is 1. The predicted molar refractivity (Wildman–Crippen MR) is 89.3 cm³/mol. The molecule has 1 fully saturated rings. The summed E-state index contributed by atoms with van der Waals surface area (Å²) in [5.74, 6) is -2.46. The lowest BCUT2D eigenvalue weighted by Crippen LogP contribution is -2.29. The Kier molecular flexibility index (Phi) is 6.27. The number of hydrogen-bond acceptors (Lipinski definition) is 5. The number of amides is 1. The van der Waals surface area contributed by atoms with Gasteiger partial charge in [0, 0.05) is 12.1 Å². The SMILES string of the molecule is COc1cc(F)c(NC(=O)c2cn(C3CCNCC3)nn2)cc1F.Cl. The molecule has 2 heterocycles. The lowest BCUT2D eigenvalue weighted by molar-refractivity contribution is 0.102. The van der Waals surface area contributed by atoms with Crippen LogP contribution in [-0.4, -0.2) is 41.1 Å². The summed E-state index contributed by atoms with van der Waals surface area (Å²) in [6.45, 7) is 1.75. The zero-order valence-corrected chi connectivity index (χ0v) is 14.3. The minimum atomic E-state index is -0.799. The zero-order chi connectivity index (χ0) is 17.1. The number of ether oxygens (including phenoxy) is 1. The lowest BCUT2D eigenvalue weighted by Gasteiger charge is -2.22. The molecule has 1 amide bonds. The van der Waals surface area contributed by atoms with Crippen molar-refractivity contribution in [2.45, 2.75) is 18.9 Å². The third-order valence-corrected chi connectivity index (χ3v) is 3.92. The maximum absolute atomic E-state index is 13.9. The van der Waals surface area contributed by atoms with Gasteiger partial charge >= 0.3 is 0 Å². The van der Waals surface area contributed by atoms with Crippen molar-refractivity contribution >= 4 is 24.0 Å². The van der Waals surface area contributed by atoms with E-state index in [-0.39, 0.29) is 35.6 Å². The summed E-state index contributed by atoms with van der Waals surface area (Å²) in [7, 11) is 1.23. The summed E-state index contributed by atoms with van der Waals surface area (Å²) >= 11 is 0. The summed E-state index contributed by atoms with van der Waals surface area (Å²) in [4.78, 5) is 12.2. The molecule has 1 aliphatic rings. The van der Waals surface area contributed by atoms with Gasteiger partial charge in [0.05, 0.1) is 25.0 Å². The highest BCUT2D eigenvalue weighted by atomic mass is 35.5.